The Bertz CT molecular complexity index is 1180. The van der Waals surface area contributed by atoms with Gasteiger partial charge in [-0.1, -0.05) is 12.1 Å². The number of carbonyl (C=O) groups is 2. The predicted octanol–water partition coefficient (Wildman–Crippen LogP) is 4.28. The van der Waals surface area contributed by atoms with Gasteiger partial charge >= 0.3 is 11.6 Å². The number of rotatable bonds is 4. The van der Waals surface area contributed by atoms with Crippen molar-refractivity contribution in [3.05, 3.63) is 75.1 Å². The standard InChI is InChI=1S/C24H23NO5/c1-15-6-11-20-18(13-22(27)30-23(20)16(15)2)14-29-24(28)17-7-9-19(10-8-17)25-12-4-3-5-21(25)26/h6-11,13H,3-5,12,14H2,1-2H3. The highest BCUT2D eigenvalue weighted by molar-refractivity contribution is 5.95. The Morgan fingerprint density at radius 3 is 2.57 bits per heavy atom. The van der Waals surface area contributed by atoms with Crippen molar-refractivity contribution in [3.8, 4) is 0 Å². The summed E-state index contributed by atoms with van der Waals surface area (Å²) in [5.74, 6) is -0.381. The maximum Gasteiger partial charge on any atom is 0.338 e. The van der Waals surface area contributed by atoms with Crippen molar-refractivity contribution in [2.75, 3.05) is 11.4 Å². The molecule has 0 unspecified atom stereocenters. The molecule has 0 radical (unpaired) electrons. The Balaban J connectivity index is 1.51. The number of carbonyl (C=O) groups excluding carboxylic acids is 2. The zero-order chi connectivity index (χ0) is 21.3. The van der Waals surface area contributed by atoms with Crippen LogP contribution < -0.4 is 10.5 Å². The van der Waals surface area contributed by atoms with Gasteiger partial charge in [0, 0.05) is 35.7 Å². The lowest BCUT2D eigenvalue weighted by Gasteiger charge is -2.26. The molecule has 1 aliphatic heterocycles. The van der Waals surface area contributed by atoms with E-state index in [4.69, 9.17) is 9.15 Å². The van der Waals surface area contributed by atoms with E-state index in [2.05, 4.69) is 0 Å². The number of nitrogens with zero attached hydrogens (tertiary/aromatic N) is 1. The molecule has 2 aromatic carbocycles. The topological polar surface area (TPSA) is 76.8 Å². The molecular formula is C24H23NO5. The van der Waals surface area contributed by atoms with Crippen molar-refractivity contribution in [2.45, 2.75) is 39.7 Å². The Kier molecular flexibility index (Phi) is 5.40. The molecule has 1 aromatic heterocycles. The summed E-state index contributed by atoms with van der Waals surface area (Å²) in [6.07, 6.45) is 2.46. The van der Waals surface area contributed by atoms with Gasteiger partial charge in [0.15, 0.2) is 0 Å². The van der Waals surface area contributed by atoms with Crippen LogP contribution in [0.2, 0.25) is 0 Å². The van der Waals surface area contributed by atoms with Gasteiger partial charge in [0.25, 0.3) is 0 Å². The van der Waals surface area contributed by atoms with E-state index in [0.717, 1.165) is 35.0 Å². The highest BCUT2D eigenvalue weighted by Crippen LogP contribution is 2.25. The lowest BCUT2D eigenvalue weighted by atomic mass is 10.0. The van der Waals surface area contributed by atoms with Gasteiger partial charge < -0.3 is 14.1 Å². The minimum absolute atomic E-state index is 0.0319. The molecule has 6 nitrogen and oxygen atoms in total. The molecule has 6 heteroatoms. The van der Waals surface area contributed by atoms with Crippen LogP contribution in [0.15, 0.2) is 51.7 Å². The Morgan fingerprint density at radius 1 is 1.07 bits per heavy atom. The summed E-state index contributed by atoms with van der Waals surface area (Å²) < 4.78 is 10.8. The van der Waals surface area contributed by atoms with Crippen molar-refractivity contribution in [1.29, 1.82) is 0 Å². The first-order chi connectivity index (χ1) is 14.4. The maximum atomic E-state index is 12.5. The van der Waals surface area contributed by atoms with Gasteiger partial charge in [-0.2, -0.15) is 0 Å². The van der Waals surface area contributed by atoms with E-state index in [1.165, 1.54) is 6.07 Å². The van der Waals surface area contributed by atoms with Crippen LogP contribution in [0, 0.1) is 13.8 Å². The molecule has 0 bridgehead atoms. The zero-order valence-corrected chi connectivity index (χ0v) is 17.1. The molecule has 2 heterocycles. The fraction of sp³-hybridized carbons (Fsp3) is 0.292. The quantitative estimate of drug-likeness (QED) is 0.478. The van der Waals surface area contributed by atoms with Gasteiger partial charge in [-0.05, 0) is 62.1 Å². The number of benzene rings is 2. The minimum Gasteiger partial charge on any atom is -0.457 e. The molecule has 0 aliphatic carbocycles. The summed E-state index contributed by atoms with van der Waals surface area (Å²) in [7, 11) is 0. The molecule has 1 saturated heterocycles. The fourth-order valence-corrected chi connectivity index (χ4v) is 3.73. The molecule has 0 N–H and O–H groups in total. The van der Waals surface area contributed by atoms with Crippen LogP contribution in [0.4, 0.5) is 5.69 Å². The Morgan fingerprint density at radius 2 is 1.83 bits per heavy atom. The molecule has 1 aliphatic rings. The predicted molar refractivity (Wildman–Crippen MR) is 114 cm³/mol. The maximum absolute atomic E-state index is 12.5. The molecule has 4 rings (SSSR count). The van der Waals surface area contributed by atoms with E-state index >= 15 is 0 Å². The van der Waals surface area contributed by atoms with E-state index < -0.39 is 11.6 Å². The number of piperidine rings is 1. The number of hydrogen-bond acceptors (Lipinski definition) is 5. The first-order valence-electron chi connectivity index (χ1n) is 10.0. The van der Waals surface area contributed by atoms with Gasteiger partial charge in [0.05, 0.1) is 5.56 Å². The summed E-state index contributed by atoms with van der Waals surface area (Å²) in [5.41, 5.74) is 3.74. The van der Waals surface area contributed by atoms with Gasteiger partial charge in [0.2, 0.25) is 5.91 Å². The third-order valence-corrected chi connectivity index (χ3v) is 5.61. The number of ether oxygens (including phenoxy) is 1. The van der Waals surface area contributed by atoms with E-state index in [9.17, 15) is 14.4 Å². The van der Waals surface area contributed by atoms with E-state index in [0.29, 0.717) is 29.7 Å². The van der Waals surface area contributed by atoms with Crippen molar-refractivity contribution in [2.24, 2.45) is 0 Å². The molecule has 1 fully saturated rings. The minimum atomic E-state index is -0.489. The third kappa shape index (κ3) is 3.85. The lowest BCUT2D eigenvalue weighted by molar-refractivity contribution is -0.119. The summed E-state index contributed by atoms with van der Waals surface area (Å²) in [6.45, 7) is 4.51. The first-order valence-corrected chi connectivity index (χ1v) is 10.0. The van der Waals surface area contributed by atoms with Crippen molar-refractivity contribution >= 4 is 28.5 Å². The second-order valence-electron chi connectivity index (χ2n) is 7.60. The molecule has 1 amide bonds. The number of aryl methyl sites for hydroxylation is 2. The van der Waals surface area contributed by atoms with Crippen LogP contribution in [0.1, 0.15) is 46.3 Å². The smallest absolute Gasteiger partial charge is 0.338 e. The highest BCUT2D eigenvalue weighted by Gasteiger charge is 2.20. The normalized spacial score (nSPS) is 14.2. The molecule has 0 spiro atoms. The van der Waals surface area contributed by atoms with Crippen LogP contribution in [-0.2, 0) is 16.1 Å². The highest BCUT2D eigenvalue weighted by atomic mass is 16.5. The van der Waals surface area contributed by atoms with Gasteiger partial charge in [-0.25, -0.2) is 9.59 Å². The van der Waals surface area contributed by atoms with Crippen LogP contribution in [0.25, 0.3) is 11.0 Å². The number of anilines is 1. The third-order valence-electron chi connectivity index (χ3n) is 5.61. The Labute approximate surface area is 174 Å². The van der Waals surface area contributed by atoms with Gasteiger partial charge in [-0.15, -0.1) is 0 Å². The summed E-state index contributed by atoms with van der Waals surface area (Å²) >= 11 is 0. The van der Waals surface area contributed by atoms with Crippen LogP contribution >= 0.6 is 0 Å². The zero-order valence-electron chi connectivity index (χ0n) is 17.1. The monoisotopic (exact) mass is 405 g/mol. The Hall–Kier alpha value is -3.41. The number of esters is 1. The number of hydrogen-bond donors (Lipinski definition) is 0. The second-order valence-corrected chi connectivity index (χ2v) is 7.60. The average Bonchev–Trinajstić information content (AvgIpc) is 2.75. The molecule has 0 atom stereocenters. The molecule has 3 aromatic rings. The average molecular weight is 405 g/mol. The van der Waals surface area contributed by atoms with Crippen LogP contribution in [0.5, 0.6) is 0 Å². The summed E-state index contributed by atoms with van der Waals surface area (Å²) in [4.78, 5) is 38.3. The molecule has 0 saturated carbocycles. The van der Waals surface area contributed by atoms with Gasteiger partial charge in [0.1, 0.15) is 12.2 Å². The SMILES string of the molecule is Cc1ccc2c(COC(=O)c3ccc(N4CCCCC4=O)cc3)cc(=O)oc2c1C. The van der Waals surface area contributed by atoms with Crippen LogP contribution in [-0.4, -0.2) is 18.4 Å². The van der Waals surface area contributed by atoms with E-state index in [1.807, 2.05) is 26.0 Å². The van der Waals surface area contributed by atoms with Crippen molar-refractivity contribution in [1.82, 2.24) is 0 Å². The number of amides is 1. The van der Waals surface area contributed by atoms with Crippen molar-refractivity contribution in [3.63, 3.8) is 0 Å². The van der Waals surface area contributed by atoms with Crippen LogP contribution in [0.3, 0.4) is 0 Å². The molecule has 30 heavy (non-hydrogen) atoms. The first kappa shape index (κ1) is 19.9. The largest absolute Gasteiger partial charge is 0.457 e. The molecule has 154 valence electrons. The number of fused-ring (bicyclic) bond motifs is 1. The molecular weight excluding hydrogens is 382 g/mol. The summed E-state index contributed by atoms with van der Waals surface area (Å²) in [5, 5.41) is 0.754. The van der Waals surface area contributed by atoms with Gasteiger partial charge in [-0.3, -0.25) is 4.79 Å². The second kappa shape index (κ2) is 8.14. The fourth-order valence-electron chi connectivity index (χ4n) is 3.73. The lowest BCUT2D eigenvalue weighted by Crippen LogP contribution is -2.35. The summed E-state index contributed by atoms with van der Waals surface area (Å²) in [6, 6.07) is 12.0. The van der Waals surface area contributed by atoms with Crippen molar-refractivity contribution < 1.29 is 18.7 Å². The van der Waals surface area contributed by atoms with E-state index in [1.54, 1.807) is 29.2 Å². The van der Waals surface area contributed by atoms with E-state index in [-0.39, 0.29) is 12.5 Å².